The number of nitrogens with zero attached hydrogens (tertiary/aromatic N) is 7. The number of aryl methyl sites for hydroxylation is 1. The first-order valence-corrected chi connectivity index (χ1v) is 11.7. The van der Waals surface area contributed by atoms with Crippen molar-refractivity contribution in [3.8, 4) is 11.5 Å². The average Bonchev–Trinajstić information content (AvgIpc) is 3.26. The minimum Gasteiger partial charge on any atom is -0.453 e. The van der Waals surface area contributed by atoms with E-state index in [0.717, 1.165) is 37.2 Å². The van der Waals surface area contributed by atoms with E-state index in [1.807, 2.05) is 17.7 Å². The van der Waals surface area contributed by atoms with Gasteiger partial charge in [0.2, 0.25) is 5.95 Å². The highest BCUT2D eigenvalue weighted by Gasteiger charge is 2.17. The maximum absolute atomic E-state index is 15.1. The summed E-state index contributed by atoms with van der Waals surface area (Å²) in [5, 5.41) is 6.52. The third-order valence-corrected chi connectivity index (χ3v) is 6.22. The minimum absolute atomic E-state index is 0.0756. The molecule has 12 heteroatoms. The number of hydrogen-bond acceptors (Lipinski definition) is 9. The van der Waals surface area contributed by atoms with Crippen LogP contribution in [0.1, 0.15) is 0 Å². The van der Waals surface area contributed by atoms with Gasteiger partial charge in [-0.15, -0.1) is 0 Å². The Kier molecular flexibility index (Phi) is 5.70. The Bertz CT molecular complexity index is 1560. The molecule has 3 aromatic heterocycles. The monoisotopic (exact) mass is 505 g/mol. The van der Waals surface area contributed by atoms with Gasteiger partial charge in [0.05, 0.1) is 28.6 Å². The highest BCUT2D eigenvalue weighted by Crippen LogP contribution is 2.36. The van der Waals surface area contributed by atoms with Gasteiger partial charge in [0, 0.05) is 51.0 Å². The lowest BCUT2D eigenvalue weighted by molar-refractivity contribution is 0.443. The largest absolute Gasteiger partial charge is 0.453 e. The first-order chi connectivity index (χ1) is 17.5. The van der Waals surface area contributed by atoms with Gasteiger partial charge in [-0.05, 0) is 18.2 Å². The number of rotatable bonds is 5. The Morgan fingerprint density at radius 3 is 2.75 bits per heavy atom. The molecule has 0 bridgehead atoms. The van der Waals surface area contributed by atoms with Crippen molar-refractivity contribution < 1.29 is 9.13 Å². The van der Waals surface area contributed by atoms with E-state index in [4.69, 9.17) is 16.3 Å². The van der Waals surface area contributed by atoms with Crippen molar-refractivity contribution >= 4 is 51.1 Å². The van der Waals surface area contributed by atoms with E-state index in [2.05, 4.69) is 40.5 Å². The van der Waals surface area contributed by atoms with Crippen LogP contribution < -0.4 is 20.3 Å². The Hall–Kier alpha value is -4.09. The van der Waals surface area contributed by atoms with Crippen molar-refractivity contribution in [2.75, 3.05) is 36.4 Å². The Morgan fingerprint density at radius 2 is 1.92 bits per heavy atom. The Morgan fingerprint density at radius 1 is 1.06 bits per heavy atom. The fourth-order valence-electron chi connectivity index (χ4n) is 4.12. The summed E-state index contributed by atoms with van der Waals surface area (Å²) >= 11 is 6.42. The number of halogens is 2. The highest BCUT2D eigenvalue weighted by atomic mass is 35.5. The number of piperazine rings is 1. The van der Waals surface area contributed by atoms with E-state index in [1.54, 1.807) is 30.7 Å². The highest BCUT2D eigenvalue weighted by molar-refractivity contribution is 6.32. The van der Waals surface area contributed by atoms with Crippen LogP contribution in [-0.4, -0.2) is 55.7 Å². The van der Waals surface area contributed by atoms with E-state index in [0.29, 0.717) is 34.2 Å². The number of ether oxygens (including phenoxy) is 1. The molecule has 2 N–H and O–H groups in total. The van der Waals surface area contributed by atoms with Gasteiger partial charge in [0.25, 0.3) is 0 Å². The Balaban J connectivity index is 1.28. The number of benzene rings is 2. The lowest BCUT2D eigenvalue weighted by atomic mass is 10.2. The van der Waals surface area contributed by atoms with Crippen molar-refractivity contribution in [1.29, 1.82) is 0 Å². The fraction of sp³-hybridized carbons (Fsp3) is 0.208. The minimum atomic E-state index is -0.624. The first-order valence-electron chi connectivity index (χ1n) is 11.3. The molecule has 1 fully saturated rings. The number of anilines is 3. The maximum Gasteiger partial charge on any atom is 0.226 e. The van der Waals surface area contributed by atoms with Gasteiger partial charge in [0.15, 0.2) is 17.4 Å². The Labute approximate surface area is 210 Å². The van der Waals surface area contributed by atoms with Gasteiger partial charge < -0.3 is 24.8 Å². The van der Waals surface area contributed by atoms with Gasteiger partial charge in [-0.25, -0.2) is 29.3 Å². The molecule has 1 aliphatic heterocycles. The molecule has 0 aliphatic carbocycles. The van der Waals surface area contributed by atoms with E-state index in [-0.39, 0.29) is 10.8 Å². The van der Waals surface area contributed by atoms with Crippen molar-refractivity contribution in [1.82, 2.24) is 34.8 Å². The summed E-state index contributed by atoms with van der Waals surface area (Å²) in [6, 6.07) is 8.21. The molecule has 4 heterocycles. The summed E-state index contributed by atoms with van der Waals surface area (Å²) in [4.78, 5) is 24.1. The van der Waals surface area contributed by atoms with Crippen LogP contribution in [0.5, 0.6) is 11.5 Å². The maximum atomic E-state index is 15.1. The number of hydrogen-bond donors (Lipinski definition) is 2. The average molecular weight is 506 g/mol. The van der Waals surface area contributed by atoms with Gasteiger partial charge in [-0.3, -0.25) is 0 Å². The topological polar surface area (TPSA) is 106 Å². The molecule has 5 aromatic rings. The molecule has 0 amide bonds. The standard InChI is InChI=1S/C24H21ClFN9O/c1-34-13-31-18-10-15(2-3-20(18)34)36-22-16(25)8-14(9-17(22)26)32-23-21-19(29-12-30-23)11-28-24(33-21)35-6-4-27-5-7-35/h2-3,8-13,27H,4-7H2,1H3,(H,29,30,32). The SMILES string of the molecule is Cn1cnc2cc(Oc3c(F)cc(Nc4ncnc5cnc(N6CCNCC6)nc45)cc3Cl)ccc21. The van der Waals surface area contributed by atoms with Crippen molar-refractivity contribution in [3.63, 3.8) is 0 Å². The molecule has 6 rings (SSSR count). The molecule has 36 heavy (non-hydrogen) atoms. The second-order valence-corrected chi connectivity index (χ2v) is 8.77. The lowest BCUT2D eigenvalue weighted by Crippen LogP contribution is -2.44. The second kappa shape index (κ2) is 9.17. The zero-order valence-electron chi connectivity index (χ0n) is 19.2. The van der Waals surface area contributed by atoms with Gasteiger partial charge >= 0.3 is 0 Å². The fourth-order valence-corrected chi connectivity index (χ4v) is 4.36. The quantitative estimate of drug-likeness (QED) is 0.366. The first kappa shape index (κ1) is 22.4. The van der Waals surface area contributed by atoms with Crippen LogP contribution >= 0.6 is 11.6 Å². The van der Waals surface area contributed by atoms with E-state index in [9.17, 15) is 0 Å². The molecule has 0 unspecified atom stereocenters. The number of aromatic nitrogens is 6. The van der Waals surface area contributed by atoms with Crippen LogP contribution in [0, 0.1) is 5.82 Å². The zero-order chi connectivity index (χ0) is 24.6. The molecular weight excluding hydrogens is 485 g/mol. The normalized spacial score (nSPS) is 13.9. The molecule has 0 radical (unpaired) electrons. The predicted molar refractivity (Wildman–Crippen MR) is 136 cm³/mol. The summed E-state index contributed by atoms with van der Waals surface area (Å²) in [7, 11) is 1.90. The third kappa shape index (κ3) is 4.23. The number of nitrogens with one attached hydrogen (secondary N) is 2. The molecular formula is C24H21ClFN9O. The van der Waals surface area contributed by atoms with Crippen LogP contribution in [0.25, 0.3) is 22.1 Å². The van der Waals surface area contributed by atoms with E-state index < -0.39 is 5.82 Å². The van der Waals surface area contributed by atoms with Crippen LogP contribution in [0.3, 0.4) is 0 Å². The summed E-state index contributed by atoms with van der Waals surface area (Å²) in [5.41, 5.74) is 3.17. The predicted octanol–water partition coefficient (Wildman–Crippen LogP) is 4.04. The van der Waals surface area contributed by atoms with Crippen molar-refractivity contribution in [2.24, 2.45) is 7.05 Å². The van der Waals surface area contributed by atoms with Gasteiger partial charge in [-0.1, -0.05) is 11.6 Å². The second-order valence-electron chi connectivity index (χ2n) is 8.37. The van der Waals surface area contributed by atoms with Gasteiger partial charge in [0.1, 0.15) is 23.1 Å². The summed E-state index contributed by atoms with van der Waals surface area (Å²) in [5.74, 6) is 0.749. The molecule has 0 atom stereocenters. The van der Waals surface area contributed by atoms with Crippen molar-refractivity contribution in [2.45, 2.75) is 0 Å². The zero-order valence-corrected chi connectivity index (χ0v) is 20.0. The van der Waals surface area contributed by atoms with Crippen LogP contribution in [-0.2, 0) is 7.05 Å². The molecule has 0 saturated carbocycles. The molecule has 182 valence electrons. The van der Waals surface area contributed by atoms with Crippen LogP contribution in [0.2, 0.25) is 5.02 Å². The molecule has 2 aromatic carbocycles. The molecule has 1 saturated heterocycles. The number of imidazole rings is 1. The molecule has 0 spiro atoms. The summed E-state index contributed by atoms with van der Waals surface area (Å²) in [6.45, 7) is 3.33. The van der Waals surface area contributed by atoms with E-state index >= 15 is 4.39 Å². The molecule has 1 aliphatic rings. The van der Waals surface area contributed by atoms with E-state index in [1.165, 1.54) is 12.4 Å². The third-order valence-electron chi connectivity index (χ3n) is 5.94. The summed E-state index contributed by atoms with van der Waals surface area (Å²) in [6.07, 6.45) is 4.77. The van der Waals surface area contributed by atoms with Gasteiger partial charge in [-0.2, -0.15) is 0 Å². The smallest absolute Gasteiger partial charge is 0.226 e. The molecule has 10 nitrogen and oxygen atoms in total. The van der Waals surface area contributed by atoms with Crippen LogP contribution in [0.4, 0.5) is 21.8 Å². The number of fused-ring (bicyclic) bond motifs is 2. The van der Waals surface area contributed by atoms with Crippen molar-refractivity contribution in [3.05, 3.63) is 60.0 Å². The lowest BCUT2D eigenvalue weighted by Gasteiger charge is -2.27. The summed E-state index contributed by atoms with van der Waals surface area (Å²) < 4.78 is 22.8. The van der Waals surface area contributed by atoms with Crippen LogP contribution in [0.15, 0.2) is 49.2 Å².